The van der Waals surface area contributed by atoms with E-state index in [0.29, 0.717) is 12.0 Å². The number of fused-ring (bicyclic) bond motifs is 1. The van der Waals surface area contributed by atoms with Crippen LogP contribution < -0.4 is 0 Å². The van der Waals surface area contributed by atoms with Crippen LogP contribution in [0, 0.1) is 12.8 Å². The van der Waals surface area contributed by atoms with Gasteiger partial charge in [-0.3, -0.25) is 9.59 Å². The van der Waals surface area contributed by atoms with Crippen molar-refractivity contribution in [3.05, 3.63) is 28.8 Å². The smallest absolute Gasteiger partial charge is 0.178 e. The molecule has 1 N–H and O–H groups in total. The van der Waals surface area contributed by atoms with E-state index in [4.69, 9.17) is 0 Å². The lowest BCUT2D eigenvalue weighted by Gasteiger charge is -2.03. The van der Waals surface area contributed by atoms with Crippen molar-refractivity contribution in [2.45, 2.75) is 26.7 Å². The zero-order valence-electron chi connectivity index (χ0n) is 9.41. The Morgan fingerprint density at radius 2 is 1.81 bits per heavy atom. The third kappa shape index (κ3) is 1.35. The first kappa shape index (κ1) is 10.9. The summed E-state index contributed by atoms with van der Waals surface area (Å²) in [6.45, 7) is 3.73. The number of hydrogen-bond donors (Lipinski definition) is 1. The number of aromatic hydroxyl groups is 1. The van der Waals surface area contributed by atoms with Crippen molar-refractivity contribution in [3.63, 3.8) is 0 Å². The summed E-state index contributed by atoms with van der Waals surface area (Å²) >= 11 is 0. The van der Waals surface area contributed by atoms with Crippen molar-refractivity contribution in [3.8, 4) is 5.75 Å². The molecule has 3 heteroatoms. The molecule has 2 rings (SSSR count). The highest BCUT2D eigenvalue weighted by atomic mass is 16.3. The molecule has 1 aromatic rings. The highest BCUT2D eigenvalue weighted by Gasteiger charge is 2.40. The predicted molar refractivity (Wildman–Crippen MR) is 59.9 cm³/mol. The van der Waals surface area contributed by atoms with Crippen LogP contribution in [0.25, 0.3) is 0 Å². The standard InChI is InChI=1S/C13H14O3/c1-3-4-8-12(15)10-7(2)5-6-9(14)11(10)13(8)16/h5-6,8,14H,3-4H2,1-2H3. The molecule has 1 aromatic carbocycles. The summed E-state index contributed by atoms with van der Waals surface area (Å²) in [7, 11) is 0. The second-order valence-corrected chi connectivity index (χ2v) is 4.22. The van der Waals surface area contributed by atoms with Crippen LogP contribution in [0.2, 0.25) is 0 Å². The van der Waals surface area contributed by atoms with Gasteiger partial charge in [-0.15, -0.1) is 0 Å². The molecular formula is C13H14O3. The van der Waals surface area contributed by atoms with Gasteiger partial charge >= 0.3 is 0 Å². The van der Waals surface area contributed by atoms with E-state index in [-0.39, 0.29) is 22.9 Å². The van der Waals surface area contributed by atoms with E-state index in [9.17, 15) is 14.7 Å². The van der Waals surface area contributed by atoms with Crippen molar-refractivity contribution in [1.82, 2.24) is 0 Å². The third-order valence-corrected chi connectivity index (χ3v) is 3.09. The number of ketones is 2. The van der Waals surface area contributed by atoms with E-state index in [0.717, 1.165) is 12.0 Å². The van der Waals surface area contributed by atoms with Gasteiger partial charge in [0.25, 0.3) is 0 Å². The molecule has 0 bridgehead atoms. The van der Waals surface area contributed by atoms with Crippen molar-refractivity contribution in [1.29, 1.82) is 0 Å². The van der Waals surface area contributed by atoms with Gasteiger partial charge in [0.05, 0.1) is 11.5 Å². The van der Waals surface area contributed by atoms with Crippen LogP contribution in [0.15, 0.2) is 12.1 Å². The average molecular weight is 218 g/mol. The zero-order valence-corrected chi connectivity index (χ0v) is 9.41. The summed E-state index contributed by atoms with van der Waals surface area (Å²) in [5.74, 6) is -0.997. The van der Waals surface area contributed by atoms with Crippen LogP contribution >= 0.6 is 0 Å². The van der Waals surface area contributed by atoms with Gasteiger partial charge in [0.2, 0.25) is 0 Å². The lowest BCUT2D eigenvalue weighted by atomic mass is 9.98. The monoisotopic (exact) mass is 218 g/mol. The molecule has 0 saturated heterocycles. The van der Waals surface area contributed by atoms with E-state index < -0.39 is 5.92 Å². The summed E-state index contributed by atoms with van der Waals surface area (Å²) < 4.78 is 0. The predicted octanol–water partition coefficient (Wildman–Crippen LogP) is 2.50. The normalized spacial score (nSPS) is 19.0. The molecule has 0 aliphatic heterocycles. The van der Waals surface area contributed by atoms with Gasteiger partial charge in [-0.1, -0.05) is 19.4 Å². The summed E-state index contributed by atoms with van der Waals surface area (Å²) in [6, 6.07) is 3.15. The highest BCUT2D eigenvalue weighted by molar-refractivity contribution is 6.28. The van der Waals surface area contributed by atoms with Crippen LogP contribution in [0.1, 0.15) is 46.0 Å². The molecular weight excluding hydrogens is 204 g/mol. The Hall–Kier alpha value is -1.64. The number of phenolic OH excluding ortho intramolecular Hbond substituents is 1. The number of benzene rings is 1. The number of rotatable bonds is 2. The first-order chi connectivity index (χ1) is 7.57. The van der Waals surface area contributed by atoms with Crippen molar-refractivity contribution in [2.75, 3.05) is 0 Å². The molecule has 0 amide bonds. The Morgan fingerprint density at radius 1 is 1.19 bits per heavy atom. The van der Waals surface area contributed by atoms with Crippen LogP contribution in [-0.4, -0.2) is 16.7 Å². The maximum absolute atomic E-state index is 12.0. The quantitative estimate of drug-likeness (QED) is 0.776. The highest BCUT2D eigenvalue weighted by Crippen LogP contribution is 2.36. The first-order valence-electron chi connectivity index (χ1n) is 5.49. The minimum atomic E-state index is -0.577. The summed E-state index contributed by atoms with van der Waals surface area (Å²) in [6.07, 6.45) is 1.35. The zero-order chi connectivity index (χ0) is 11.9. The number of carbonyl (C=O) groups is 2. The van der Waals surface area contributed by atoms with E-state index in [1.165, 1.54) is 6.07 Å². The maximum atomic E-state index is 12.0. The molecule has 0 heterocycles. The fourth-order valence-corrected chi connectivity index (χ4v) is 2.28. The molecule has 84 valence electrons. The van der Waals surface area contributed by atoms with Gasteiger partial charge in [-0.25, -0.2) is 0 Å². The number of hydrogen-bond acceptors (Lipinski definition) is 3. The summed E-state index contributed by atoms with van der Waals surface area (Å²) in [4.78, 5) is 24.0. The summed E-state index contributed by atoms with van der Waals surface area (Å²) in [5.41, 5.74) is 1.41. The molecule has 16 heavy (non-hydrogen) atoms. The maximum Gasteiger partial charge on any atom is 0.178 e. The van der Waals surface area contributed by atoms with Gasteiger partial charge in [-0.05, 0) is 25.0 Å². The van der Waals surface area contributed by atoms with Gasteiger partial charge in [0.15, 0.2) is 11.6 Å². The number of carbonyl (C=O) groups excluding carboxylic acids is 2. The van der Waals surface area contributed by atoms with Crippen molar-refractivity contribution < 1.29 is 14.7 Å². The fourth-order valence-electron chi connectivity index (χ4n) is 2.28. The second-order valence-electron chi connectivity index (χ2n) is 4.22. The minimum Gasteiger partial charge on any atom is -0.507 e. The molecule has 0 aromatic heterocycles. The molecule has 0 saturated carbocycles. The lowest BCUT2D eigenvalue weighted by Crippen LogP contribution is -2.14. The SMILES string of the molecule is CCCC1C(=O)c2c(C)ccc(O)c2C1=O. The molecule has 1 atom stereocenters. The molecule has 0 fully saturated rings. The molecule has 1 aliphatic rings. The van der Waals surface area contributed by atoms with Crippen LogP contribution in [0.5, 0.6) is 5.75 Å². The average Bonchev–Trinajstić information content (AvgIpc) is 2.50. The fraction of sp³-hybridized carbons (Fsp3) is 0.385. The lowest BCUT2D eigenvalue weighted by molar-refractivity contribution is 0.0830. The van der Waals surface area contributed by atoms with Crippen LogP contribution in [-0.2, 0) is 0 Å². The Balaban J connectivity index is 2.59. The van der Waals surface area contributed by atoms with Gasteiger partial charge in [0, 0.05) is 5.56 Å². The molecule has 0 spiro atoms. The topological polar surface area (TPSA) is 54.4 Å². The molecule has 1 unspecified atom stereocenters. The Labute approximate surface area is 94.1 Å². The van der Waals surface area contributed by atoms with Gasteiger partial charge in [-0.2, -0.15) is 0 Å². The molecule has 3 nitrogen and oxygen atoms in total. The summed E-state index contributed by atoms with van der Waals surface area (Å²) in [5, 5.41) is 9.66. The number of Topliss-reactive ketones (excluding diaryl/α,β-unsaturated/α-hetero) is 2. The number of phenols is 1. The third-order valence-electron chi connectivity index (χ3n) is 3.09. The van der Waals surface area contributed by atoms with Gasteiger partial charge < -0.3 is 5.11 Å². The Kier molecular flexibility index (Phi) is 2.54. The van der Waals surface area contributed by atoms with Crippen molar-refractivity contribution >= 4 is 11.6 Å². The molecule has 0 radical (unpaired) electrons. The molecule has 1 aliphatic carbocycles. The second kappa shape index (κ2) is 3.74. The van der Waals surface area contributed by atoms with E-state index in [1.54, 1.807) is 13.0 Å². The number of aryl methyl sites for hydroxylation is 1. The Bertz CT molecular complexity index is 433. The van der Waals surface area contributed by atoms with E-state index in [2.05, 4.69) is 0 Å². The largest absolute Gasteiger partial charge is 0.507 e. The first-order valence-corrected chi connectivity index (χ1v) is 5.49. The van der Waals surface area contributed by atoms with E-state index in [1.807, 2.05) is 6.92 Å². The minimum absolute atomic E-state index is 0.0717. The van der Waals surface area contributed by atoms with Crippen molar-refractivity contribution in [2.24, 2.45) is 5.92 Å². The van der Waals surface area contributed by atoms with Gasteiger partial charge in [0.1, 0.15) is 5.75 Å². The Morgan fingerprint density at radius 3 is 2.38 bits per heavy atom. The van der Waals surface area contributed by atoms with Crippen LogP contribution in [0.3, 0.4) is 0 Å². The van der Waals surface area contributed by atoms with E-state index >= 15 is 0 Å². The van der Waals surface area contributed by atoms with Crippen LogP contribution in [0.4, 0.5) is 0 Å².